The van der Waals surface area contributed by atoms with Crippen molar-refractivity contribution in [3.8, 4) is 5.75 Å². The SMILES string of the molecule is CCNC(=O)CC(C(=O)O)c1cccc(OC)c1. The molecule has 1 rings (SSSR count). The van der Waals surface area contributed by atoms with E-state index in [9.17, 15) is 14.7 Å². The van der Waals surface area contributed by atoms with Gasteiger partial charge >= 0.3 is 5.97 Å². The first-order valence-corrected chi connectivity index (χ1v) is 5.72. The van der Waals surface area contributed by atoms with Gasteiger partial charge in [0.05, 0.1) is 13.0 Å². The third-order valence-corrected chi connectivity index (χ3v) is 2.56. The first-order chi connectivity index (χ1) is 8.58. The molecule has 0 heterocycles. The molecule has 0 aliphatic carbocycles. The van der Waals surface area contributed by atoms with Crippen LogP contribution in [0.4, 0.5) is 0 Å². The van der Waals surface area contributed by atoms with Crippen molar-refractivity contribution < 1.29 is 19.4 Å². The third kappa shape index (κ3) is 3.76. The molecule has 0 aliphatic rings. The largest absolute Gasteiger partial charge is 0.497 e. The molecule has 0 fully saturated rings. The highest BCUT2D eigenvalue weighted by molar-refractivity contribution is 5.85. The first-order valence-electron chi connectivity index (χ1n) is 5.72. The number of hydrogen-bond donors (Lipinski definition) is 2. The van der Waals surface area contributed by atoms with Crippen molar-refractivity contribution in [1.82, 2.24) is 5.32 Å². The molecule has 1 aromatic carbocycles. The summed E-state index contributed by atoms with van der Waals surface area (Å²) in [6, 6.07) is 6.76. The third-order valence-electron chi connectivity index (χ3n) is 2.56. The molecule has 1 amide bonds. The number of hydrogen-bond acceptors (Lipinski definition) is 3. The summed E-state index contributed by atoms with van der Waals surface area (Å²) >= 11 is 0. The van der Waals surface area contributed by atoms with Gasteiger partial charge in [-0.25, -0.2) is 0 Å². The second kappa shape index (κ2) is 6.64. The quantitative estimate of drug-likeness (QED) is 0.801. The van der Waals surface area contributed by atoms with Crippen molar-refractivity contribution >= 4 is 11.9 Å². The van der Waals surface area contributed by atoms with E-state index in [1.807, 2.05) is 0 Å². The Morgan fingerprint density at radius 3 is 2.72 bits per heavy atom. The number of benzene rings is 1. The summed E-state index contributed by atoms with van der Waals surface area (Å²) < 4.78 is 5.04. The highest BCUT2D eigenvalue weighted by Crippen LogP contribution is 2.23. The van der Waals surface area contributed by atoms with Gasteiger partial charge in [-0.15, -0.1) is 0 Å². The van der Waals surface area contributed by atoms with Gasteiger partial charge in [0.1, 0.15) is 5.75 Å². The Hall–Kier alpha value is -2.04. The van der Waals surface area contributed by atoms with E-state index in [2.05, 4.69) is 5.32 Å². The summed E-state index contributed by atoms with van der Waals surface area (Å²) in [5.41, 5.74) is 0.563. The normalized spacial score (nSPS) is 11.7. The number of rotatable bonds is 6. The van der Waals surface area contributed by atoms with E-state index in [1.54, 1.807) is 31.2 Å². The van der Waals surface area contributed by atoms with Crippen LogP contribution in [0.5, 0.6) is 5.75 Å². The molecule has 1 aromatic rings. The number of carboxylic acid groups (broad SMARTS) is 1. The van der Waals surface area contributed by atoms with Gasteiger partial charge in [0.2, 0.25) is 5.91 Å². The summed E-state index contributed by atoms with van der Waals surface area (Å²) in [6.07, 6.45) is -0.0731. The lowest BCUT2D eigenvalue weighted by molar-refractivity contribution is -0.140. The van der Waals surface area contributed by atoms with Crippen LogP contribution in [-0.2, 0) is 9.59 Å². The molecule has 5 nitrogen and oxygen atoms in total. The zero-order chi connectivity index (χ0) is 13.5. The van der Waals surface area contributed by atoms with Crippen molar-refractivity contribution in [2.24, 2.45) is 0 Å². The van der Waals surface area contributed by atoms with Gasteiger partial charge in [-0.05, 0) is 24.6 Å². The smallest absolute Gasteiger partial charge is 0.311 e. The fourth-order valence-corrected chi connectivity index (χ4v) is 1.66. The lowest BCUT2D eigenvalue weighted by Gasteiger charge is -2.13. The molecule has 0 spiro atoms. The molecule has 2 N–H and O–H groups in total. The van der Waals surface area contributed by atoms with Crippen molar-refractivity contribution in [2.75, 3.05) is 13.7 Å². The van der Waals surface area contributed by atoms with Crippen molar-refractivity contribution in [1.29, 1.82) is 0 Å². The molecular formula is C13H17NO4. The van der Waals surface area contributed by atoms with Crippen LogP contribution in [0.1, 0.15) is 24.8 Å². The molecule has 5 heteroatoms. The second-order valence-corrected chi connectivity index (χ2v) is 3.83. The van der Waals surface area contributed by atoms with Crippen molar-refractivity contribution in [3.63, 3.8) is 0 Å². The standard InChI is InChI=1S/C13H17NO4/c1-3-14-12(15)8-11(13(16)17)9-5-4-6-10(7-9)18-2/h4-7,11H,3,8H2,1-2H3,(H,14,15)(H,16,17). The van der Waals surface area contributed by atoms with E-state index in [0.717, 1.165) is 0 Å². The fourth-order valence-electron chi connectivity index (χ4n) is 1.66. The van der Waals surface area contributed by atoms with Crippen LogP contribution in [0.2, 0.25) is 0 Å². The predicted molar refractivity (Wildman–Crippen MR) is 66.7 cm³/mol. The Morgan fingerprint density at radius 1 is 1.44 bits per heavy atom. The van der Waals surface area contributed by atoms with E-state index < -0.39 is 11.9 Å². The van der Waals surface area contributed by atoms with Gasteiger partial charge in [0, 0.05) is 13.0 Å². The average molecular weight is 251 g/mol. The average Bonchev–Trinajstić information content (AvgIpc) is 2.36. The summed E-state index contributed by atoms with van der Waals surface area (Å²) in [5.74, 6) is -1.57. The maximum Gasteiger partial charge on any atom is 0.311 e. The molecule has 98 valence electrons. The molecule has 0 aliphatic heterocycles. The number of amides is 1. The van der Waals surface area contributed by atoms with Crippen LogP contribution < -0.4 is 10.1 Å². The van der Waals surface area contributed by atoms with Gasteiger partial charge in [-0.2, -0.15) is 0 Å². The lowest BCUT2D eigenvalue weighted by atomic mass is 9.95. The zero-order valence-corrected chi connectivity index (χ0v) is 10.5. The molecular weight excluding hydrogens is 234 g/mol. The van der Waals surface area contributed by atoms with Crippen LogP contribution in [0.15, 0.2) is 24.3 Å². The van der Waals surface area contributed by atoms with E-state index in [4.69, 9.17) is 4.74 Å². The van der Waals surface area contributed by atoms with E-state index in [0.29, 0.717) is 17.9 Å². The number of nitrogens with one attached hydrogen (secondary N) is 1. The van der Waals surface area contributed by atoms with Gasteiger partial charge in [0.15, 0.2) is 0 Å². The number of methoxy groups -OCH3 is 1. The Morgan fingerprint density at radius 2 is 2.17 bits per heavy atom. The van der Waals surface area contributed by atoms with E-state index in [-0.39, 0.29) is 12.3 Å². The summed E-state index contributed by atoms with van der Waals surface area (Å²) in [4.78, 5) is 22.7. The minimum absolute atomic E-state index is 0.0731. The second-order valence-electron chi connectivity index (χ2n) is 3.83. The minimum atomic E-state index is -1.02. The molecule has 1 atom stereocenters. The zero-order valence-electron chi connectivity index (χ0n) is 10.5. The summed E-state index contributed by atoms with van der Waals surface area (Å²) in [7, 11) is 1.51. The minimum Gasteiger partial charge on any atom is -0.497 e. The van der Waals surface area contributed by atoms with Crippen LogP contribution >= 0.6 is 0 Å². The predicted octanol–water partition coefficient (Wildman–Crippen LogP) is 1.39. The van der Waals surface area contributed by atoms with Gasteiger partial charge in [-0.1, -0.05) is 12.1 Å². The number of carboxylic acids is 1. The highest BCUT2D eigenvalue weighted by atomic mass is 16.5. The van der Waals surface area contributed by atoms with Crippen molar-refractivity contribution in [3.05, 3.63) is 29.8 Å². The summed E-state index contributed by atoms with van der Waals surface area (Å²) in [6.45, 7) is 2.28. The van der Waals surface area contributed by atoms with Gasteiger partial charge in [-0.3, -0.25) is 9.59 Å². The topological polar surface area (TPSA) is 75.6 Å². The highest BCUT2D eigenvalue weighted by Gasteiger charge is 2.23. The number of ether oxygens (including phenoxy) is 1. The van der Waals surface area contributed by atoms with E-state index >= 15 is 0 Å². The molecule has 0 saturated heterocycles. The van der Waals surface area contributed by atoms with Gasteiger partial charge < -0.3 is 15.2 Å². The fraction of sp³-hybridized carbons (Fsp3) is 0.385. The first kappa shape index (κ1) is 14.0. The van der Waals surface area contributed by atoms with E-state index in [1.165, 1.54) is 7.11 Å². The van der Waals surface area contributed by atoms with Crippen molar-refractivity contribution in [2.45, 2.75) is 19.3 Å². The maximum absolute atomic E-state index is 11.5. The van der Waals surface area contributed by atoms with Crippen LogP contribution in [0.3, 0.4) is 0 Å². The summed E-state index contributed by atoms with van der Waals surface area (Å²) in [5, 5.41) is 11.8. The Labute approximate surface area is 106 Å². The Bertz CT molecular complexity index is 431. The monoisotopic (exact) mass is 251 g/mol. The number of carbonyl (C=O) groups excluding carboxylic acids is 1. The van der Waals surface area contributed by atoms with Gasteiger partial charge in [0.25, 0.3) is 0 Å². The maximum atomic E-state index is 11.5. The molecule has 0 radical (unpaired) electrons. The molecule has 0 bridgehead atoms. The van der Waals surface area contributed by atoms with Crippen LogP contribution in [0, 0.1) is 0 Å². The lowest BCUT2D eigenvalue weighted by Crippen LogP contribution is -2.27. The van der Waals surface area contributed by atoms with Crippen LogP contribution in [0.25, 0.3) is 0 Å². The Kier molecular flexibility index (Phi) is 5.17. The molecule has 18 heavy (non-hydrogen) atoms. The molecule has 1 unspecified atom stereocenters. The number of carbonyl (C=O) groups is 2. The molecule has 0 aromatic heterocycles. The Balaban J connectivity index is 2.90. The van der Waals surface area contributed by atoms with Crippen LogP contribution in [-0.4, -0.2) is 30.6 Å². The molecule has 0 saturated carbocycles. The number of aliphatic carboxylic acids is 1.